The fraction of sp³-hybridized carbons (Fsp3) is 0.667. The summed E-state index contributed by atoms with van der Waals surface area (Å²) in [4.78, 5) is 7.32. The van der Waals surface area contributed by atoms with Gasteiger partial charge in [0.05, 0.1) is 12.6 Å². The third-order valence-corrected chi connectivity index (χ3v) is 4.53. The number of hydrogen-bond donors (Lipinski definition) is 2. The first-order chi connectivity index (χ1) is 12.6. The number of nitrogens with one attached hydrogen (secondary N) is 2. The lowest BCUT2D eigenvalue weighted by molar-refractivity contribution is 0.206. The summed E-state index contributed by atoms with van der Waals surface area (Å²) in [6, 6.07) is 8.74. The van der Waals surface area contributed by atoms with Crippen molar-refractivity contribution in [2.24, 2.45) is 4.99 Å². The molecule has 0 spiro atoms. The van der Waals surface area contributed by atoms with Crippen LogP contribution in [0.3, 0.4) is 0 Å². The fourth-order valence-corrected chi connectivity index (χ4v) is 3.25. The Kier molecular flexibility index (Phi) is 8.75. The molecule has 0 aromatic heterocycles. The first-order valence-electron chi connectivity index (χ1n) is 10.1. The molecule has 2 rings (SSSR count). The van der Waals surface area contributed by atoms with E-state index < -0.39 is 0 Å². The first kappa shape index (κ1) is 20.6. The van der Waals surface area contributed by atoms with E-state index in [9.17, 15) is 0 Å². The predicted molar refractivity (Wildman–Crippen MR) is 110 cm³/mol. The Balaban J connectivity index is 1.86. The third-order valence-electron chi connectivity index (χ3n) is 4.53. The van der Waals surface area contributed by atoms with Gasteiger partial charge in [0.2, 0.25) is 0 Å². The van der Waals surface area contributed by atoms with Gasteiger partial charge in [0, 0.05) is 25.7 Å². The predicted octanol–water partition coefficient (Wildman–Crippen LogP) is 3.40. The van der Waals surface area contributed by atoms with E-state index in [1.165, 1.54) is 44.5 Å². The van der Waals surface area contributed by atoms with Crippen LogP contribution in [0.5, 0.6) is 5.75 Å². The van der Waals surface area contributed by atoms with Gasteiger partial charge in [-0.1, -0.05) is 19.1 Å². The minimum Gasteiger partial charge on any atom is -0.491 e. The van der Waals surface area contributed by atoms with Crippen LogP contribution in [0.1, 0.15) is 52.5 Å². The maximum absolute atomic E-state index is 5.70. The van der Waals surface area contributed by atoms with E-state index in [2.05, 4.69) is 41.5 Å². The van der Waals surface area contributed by atoms with Crippen molar-refractivity contribution in [2.75, 3.05) is 26.2 Å². The Labute approximate surface area is 159 Å². The molecule has 0 atom stereocenters. The van der Waals surface area contributed by atoms with Crippen LogP contribution in [0, 0.1) is 0 Å². The van der Waals surface area contributed by atoms with E-state index in [0.717, 1.165) is 18.3 Å². The van der Waals surface area contributed by atoms with Gasteiger partial charge in [-0.05, 0) is 64.3 Å². The van der Waals surface area contributed by atoms with Crippen molar-refractivity contribution in [1.29, 1.82) is 0 Å². The Hall–Kier alpha value is -1.75. The Morgan fingerprint density at radius 2 is 1.88 bits per heavy atom. The van der Waals surface area contributed by atoms with Crippen LogP contribution in [0.25, 0.3) is 0 Å². The van der Waals surface area contributed by atoms with Crippen molar-refractivity contribution in [3.05, 3.63) is 29.8 Å². The zero-order chi connectivity index (χ0) is 18.8. The molecule has 1 aliphatic rings. The second kappa shape index (κ2) is 11.1. The van der Waals surface area contributed by atoms with Crippen molar-refractivity contribution in [3.8, 4) is 5.75 Å². The number of likely N-dealkylation sites (tertiary alicyclic amines) is 1. The van der Waals surface area contributed by atoms with Crippen molar-refractivity contribution in [1.82, 2.24) is 15.5 Å². The van der Waals surface area contributed by atoms with Crippen LogP contribution in [0.15, 0.2) is 29.3 Å². The fourth-order valence-electron chi connectivity index (χ4n) is 3.25. The number of piperidine rings is 1. The van der Waals surface area contributed by atoms with Crippen molar-refractivity contribution in [2.45, 2.75) is 65.6 Å². The molecule has 0 unspecified atom stereocenters. The number of benzene rings is 1. The average Bonchev–Trinajstić information content (AvgIpc) is 2.62. The molecule has 1 aliphatic heterocycles. The summed E-state index contributed by atoms with van der Waals surface area (Å²) in [5.41, 5.74) is 1.19. The number of nitrogens with zero attached hydrogens (tertiary/aromatic N) is 2. The number of hydrogen-bond acceptors (Lipinski definition) is 3. The smallest absolute Gasteiger partial charge is 0.191 e. The second-order valence-electron chi connectivity index (χ2n) is 7.27. The number of aliphatic imine (C=N–C) groups is 1. The highest BCUT2D eigenvalue weighted by Gasteiger charge is 2.19. The summed E-state index contributed by atoms with van der Waals surface area (Å²) in [6.07, 6.45) is 3.81. The highest BCUT2D eigenvalue weighted by Crippen LogP contribution is 2.14. The first-order valence-corrected chi connectivity index (χ1v) is 10.1. The number of rotatable bonds is 8. The lowest BCUT2D eigenvalue weighted by Crippen LogP contribution is -2.48. The summed E-state index contributed by atoms with van der Waals surface area (Å²) in [7, 11) is 0. The highest BCUT2D eigenvalue weighted by molar-refractivity contribution is 5.80. The molecule has 1 aromatic rings. The standard InChI is InChI=1S/C21H36N4O/c1-5-13-25-14-11-19(12-15-25)24-21(22-6-2)23-16-18-7-9-20(10-8-18)26-17(3)4/h7-10,17,19H,5-6,11-16H2,1-4H3,(H2,22,23,24). The van der Waals surface area contributed by atoms with Crippen molar-refractivity contribution < 1.29 is 4.74 Å². The molecule has 0 amide bonds. The van der Waals surface area contributed by atoms with E-state index >= 15 is 0 Å². The summed E-state index contributed by atoms with van der Waals surface area (Å²) < 4.78 is 5.70. The van der Waals surface area contributed by atoms with Crippen LogP contribution < -0.4 is 15.4 Å². The minimum absolute atomic E-state index is 0.201. The molecule has 2 N–H and O–H groups in total. The summed E-state index contributed by atoms with van der Waals surface area (Å²) in [6.45, 7) is 13.6. The van der Waals surface area contributed by atoms with Gasteiger partial charge in [-0.15, -0.1) is 0 Å². The van der Waals surface area contributed by atoms with E-state index in [4.69, 9.17) is 9.73 Å². The molecule has 1 heterocycles. The zero-order valence-corrected chi connectivity index (χ0v) is 16.9. The minimum atomic E-state index is 0.201. The Bertz CT molecular complexity index is 533. The molecule has 5 nitrogen and oxygen atoms in total. The van der Waals surface area contributed by atoms with Crippen LogP contribution in [0.2, 0.25) is 0 Å². The lowest BCUT2D eigenvalue weighted by atomic mass is 10.1. The maximum Gasteiger partial charge on any atom is 0.191 e. The van der Waals surface area contributed by atoms with Gasteiger partial charge in [-0.3, -0.25) is 0 Å². The van der Waals surface area contributed by atoms with Crippen molar-refractivity contribution in [3.63, 3.8) is 0 Å². The van der Waals surface area contributed by atoms with Gasteiger partial charge in [0.25, 0.3) is 0 Å². The molecule has 1 fully saturated rings. The van der Waals surface area contributed by atoms with Gasteiger partial charge in [-0.2, -0.15) is 0 Å². The molecule has 0 bridgehead atoms. The van der Waals surface area contributed by atoms with Crippen LogP contribution >= 0.6 is 0 Å². The van der Waals surface area contributed by atoms with Crippen LogP contribution in [-0.4, -0.2) is 49.2 Å². The van der Waals surface area contributed by atoms with E-state index in [0.29, 0.717) is 12.6 Å². The molecular formula is C21H36N4O. The van der Waals surface area contributed by atoms with Crippen molar-refractivity contribution >= 4 is 5.96 Å². The molecule has 5 heteroatoms. The second-order valence-corrected chi connectivity index (χ2v) is 7.27. The van der Waals surface area contributed by atoms with Gasteiger partial charge in [-0.25, -0.2) is 4.99 Å². The zero-order valence-electron chi connectivity index (χ0n) is 16.9. The van der Waals surface area contributed by atoms with Crippen LogP contribution in [-0.2, 0) is 6.54 Å². The SMILES string of the molecule is CCCN1CCC(NC(=NCc2ccc(OC(C)C)cc2)NCC)CC1. The van der Waals surface area contributed by atoms with Gasteiger partial charge in [0.15, 0.2) is 5.96 Å². The van der Waals surface area contributed by atoms with E-state index in [1.54, 1.807) is 0 Å². The quantitative estimate of drug-likeness (QED) is 0.551. The Morgan fingerprint density at radius 1 is 1.19 bits per heavy atom. The highest BCUT2D eigenvalue weighted by atomic mass is 16.5. The molecule has 0 radical (unpaired) electrons. The molecule has 0 saturated carbocycles. The van der Waals surface area contributed by atoms with Crippen LogP contribution in [0.4, 0.5) is 0 Å². The van der Waals surface area contributed by atoms with E-state index in [1.807, 2.05) is 26.0 Å². The molecule has 1 saturated heterocycles. The monoisotopic (exact) mass is 360 g/mol. The number of ether oxygens (including phenoxy) is 1. The largest absolute Gasteiger partial charge is 0.491 e. The molecule has 146 valence electrons. The normalized spacial score (nSPS) is 16.7. The molecular weight excluding hydrogens is 324 g/mol. The van der Waals surface area contributed by atoms with Gasteiger partial charge in [0.1, 0.15) is 5.75 Å². The topological polar surface area (TPSA) is 48.9 Å². The Morgan fingerprint density at radius 3 is 2.46 bits per heavy atom. The molecule has 0 aliphatic carbocycles. The van der Waals surface area contributed by atoms with E-state index in [-0.39, 0.29) is 6.10 Å². The molecule has 26 heavy (non-hydrogen) atoms. The van der Waals surface area contributed by atoms with Gasteiger partial charge >= 0.3 is 0 Å². The maximum atomic E-state index is 5.70. The average molecular weight is 361 g/mol. The summed E-state index contributed by atoms with van der Waals surface area (Å²) in [5, 5.41) is 6.99. The lowest BCUT2D eigenvalue weighted by Gasteiger charge is -2.32. The third kappa shape index (κ3) is 7.24. The summed E-state index contributed by atoms with van der Waals surface area (Å²) in [5.74, 6) is 1.83. The van der Waals surface area contributed by atoms with Gasteiger partial charge < -0.3 is 20.3 Å². The molecule has 1 aromatic carbocycles. The number of guanidine groups is 1. The summed E-state index contributed by atoms with van der Waals surface area (Å²) >= 11 is 0.